The molecular formula is C11H8Cl6O4. The van der Waals surface area contributed by atoms with Gasteiger partial charge >= 0.3 is 11.9 Å². The number of esters is 1. The number of carboxylic acids is 1. The first-order valence-electron chi connectivity index (χ1n) is 5.54. The molecule has 0 heterocycles. The molecule has 0 amide bonds. The number of carboxylic acid groups (broad SMARTS) is 1. The molecule has 0 aromatic rings. The van der Waals surface area contributed by atoms with Crippen molar-refractivity contribution < 1.29 is 19.4 Å². The highest BCUT2D eigenvalue weighted by Crippen LogP contribution is 2.78. The highest BCUT2D eigenvalue weighted by molar-refractivity contribution is 6.66. The predicted molar refractivity (Wildman–Crippen MR) is 81.7 cm³/mol. The normalized spacial score (nSPS) is 40.5. The van der Waals surface area contributed by atoms with Gasteiger partial charge in [-0.1, -0.05) is 46.4 Å². The van der Waals surface area contributed by atoms with Gasteiger partial charge in [0.25, 0.3) is 0 Å². The molecule has 1 fully saturated rings. The summed E-state index contributed by atoms with van der Waals surface area (Å²) in [7, 11) is 1.11. The summed E-state index contributed by atoms with van der Waals surface area (Å²) in [6.45, 7) is 0. The number of rotatable bonds is 3. The van der Waals surface area contributed by atoms with Crippen molar-refractivity contribution in [1.82, 2.24) is 0 Å². The summed E-state index contributed by atoms with van der Waals surface area (Å²) in [5.74, 6) is -2.23. The molecule has 2 bridgehead atoms. The number of aliphatic carboxylic acids is 1. The fourth-order valence-electron chi connectivity index (χ4n) is 2.91. The molecule has 10 heteroatoms. The van der Waals surface area contributed by atoms with Gasteiger partial charge in [0.1, 0.15) is 15.2 Å². The first kappa shape index (κ1) is 17.8. The topological polar surface area (TPSA) is 63.6 Å². The number of hydrogen-bond acceptors (Lipinski definition) is 3. The molecule has 2 rings (SSSR count). The van der Waals surface area contributed by atoms with Gasteiger partial charge in [0.2, 0.25) is 0 Å². The van der Waals surface area contributed by atoms with E-state index >= 15 is 0 Å². The van der Waals surface area contributed by atoms with E-state index in [1.54, 1.807) is 0 Å². The molecule has 1 saturated carbocycles. The largest absolute Gasteiger partial charge is 0.481 e. The lowest BCUT2D eigenvalue weighted by molar-refractivity contribution is -0.158. The molecule has 21 heavy (non-hydrogen) atoms. The molecule has 0 saturated heterocycles. The van der Waals surface area contributed by atoms with Gasteiger partial charge in [-0.25, -0.2) is 0 Å². The lowest BCUT2D eigenvalue weighted by Crippen LogP contribution is -2.53. The van der Waals surface area contributed by atoms with Gasteiger partial charge in [0, 0.05) is 0 Å². The van der Waals surface area contributed by atoms with Crippen LogP contribution in [-0.2, 0) is 14.3 Å². The van der Waals surface area contributed by atoms with E-state index in [2.05, 4.69) is 4.74 Å². The molecular weight excluding hydrogens is 409 g/mol. The maximum Gasteiger partial charge on any atom is 0.312 e. The van der Waals surface area contributed by atoms with Crippen molar-refractivity contribution in [2.24, 2.45) is 5.41 Å². The number of carbonyl (C=O) groups excluding carboxylic acids is 1. The summed E-state index contributed by atoms with van der Waals surface area (Å²) in [4.78, 5) is 19.7. The van der Waals surface area contributed by atoms with Crippen molar-refractivity contribution in [2.75, 3.05) is 7.11 Å². The number of methoxy groups -OCH3 is 1. The third-order valence-electron chi connectivity index (χ3n) is 4.06. The third kappa shape index (κ3) is 1.78. The Labute approximate surface area is 150 Å². The Morgan fingerprint density at radius 2 is 1.71 bits per heavy atom. The Balaban J connectivity index is 2.73. The van der Waals surface area contributed by atoms with Crippen LogP contribution < -0.4 is 0 Å². The van der Waals surface area contributed by atoms with Crippen molar-refractivity contribution in [3.05, 3.63) is 10.1 Å². The van der Waals surface area contributed by atoms with E-state index in [-0.39, 0.29) is 16.5 Å². The molecule has 4 nitrogen and oxygen atoms in total. The molecule has 1 N–H and O–H groups in total. The van der Waals surface area contributed by atoms with E-state index in [9.17, 15) is 14.7 Å². The minimum atomic E-state index is -2.05. The van der Waals surface area contributed by atoms with E-state index in [0.29, 0.717) is 0 Å². The van der Waals surface area contributed by atoms with Crippen LogP contribution in [0.3, 0.4) is 0 Å². The second-order valence-corrected chi connectivity index (χ2v) is 8.27. The van der Waals surface area contributed by atoms with Gasteiger partial charge < -0.3 is 9.84 Å². The molecule has 0 spiro atoms. The van der Waals surface area contributed by atoms with Crippen LogP contribution in [-0.4, -0.2) is 38.2 Å². The van der Waals surface area contributed by atoms with Gasteiger partial charge in [-0.05, 0) is 6.42 Å². The van der Waals surface area contributed by atoms with Crippen molar-refractivity contribution in [3.8, 4) is 0 Å². The van der Waals surface area contributed by atoms with Crippen LogP contribution in [0, 0.1) is 5.41 Å². The zero-order valence-corrected chi connectivity index (χ0v) is 14.9. The Hall–Kier alpha value is 0.420. The Morgan fingerprint density at radius 3 is 2.05 bits per heavy atom. The summed E-state index contributed by atoms with van der Waals surface area (Å²) < 4.78 is 2.51. The van der Waals surface area contributed by atoms with Crippen molar-refractivity contribution in [1.29, 1.82) is 0 Å². The lowest BCUT2D eigenvalue weighted by atomic mass is 9.72. The number of alkyl halides is 4. The molecule has 0 unspecified atom stereocenters. The fraction of sp³-hybridized carbons (Fsp3) is 0.636. The van der Waals surface area contributed by atoms with Crippen LogP contribution in [0.25, 0.3) is 0 Å². The van der Waals surface area contributed by atoms with E-state index in [1.807, 2.05) is 0 Å². The van der Waals surface area contributed by atoms with Crippen LogP contribution in [0.2, 0.25) is 0 Å². The number of carbonyl (C=O) groups is 2. The maximum absolute atomic E-state index is 11.9. The van der Waals surface area contributed by atoms with Gasteiger partial charge in [-0.2, -0.15) is 0 Å². The fourth-order valence-corrected chi connectivity index (χ4v) is 5.89. The lowest BCUT2D eigenvalue weighted by Gasteiger charge is -2.40. The van der Waals surface area contributed by atoms with Crippen LogP contribution >= 0.6 is 69.6 Å². The minimum Gasteiger partial charge on any atom is -0.481 e. The van der Waals surface area contributed by atoms with Gasteiger partial charge in [0.05, 0.1) is 23.6 Å². The number of ether oxygens (including phenoxy) is 1. The van der Waals surface area contributed by atoms with E-state index < -0.39 is 37.9 Å². The van der Waals surface area contributed by atoms with Crippen LogP contribution in [0.15, 0.2) is 10.1 Å². The second-order valence-electron chi connectivity index (χ2n) is 4.98. The summed E-state index contributed by atoms with van der Waals surface area (Å²) in [5.41, 5.74) is -1.94. The zero-order chi connectivity index (χ0) is 16.4. The van der Waals surface area contributed by atoms with Crippen LogP contribution in [0.1, 0.15) is 12.8 Å². The first-order valence-corrected chi connectivity index (χ1v) is 7.81. The van der Waals surface area contributed by atoms with E-state index in [1.165, 1.54) is 0 Å². The summed E-state index contributed by atoms with van der Waals surface area (Å²) in [5, 5.41) is 9.26. The Kier molecular flexibility index (Phi) is 4.19. The smallest absolute Gasteiger partial charge is 0.312 e. The molecule has 0 aromatic carbocycles. The molecule has 2 aliphatic carbocycles. The first-order chi connectivity index (χ1) is 9.42. The number of halogens is 6. The highest BCUT2D eigenvalue weighted by atomic mass is 35.5. The molecule has 3 atom stereocenters. The summed E-state index contributed by atoms with van der Waals surface area (Å²) >= 11 is 37.3. The van der Waals surface area contributed by atoms with Crippen molar-refractivity contribution in [2.45, 2.75) is 26.9 Å². The van der Waals surface area contributed by atoms with Gasteiger partial charge in [-0.3, -0.25) is 9.59 Å². The average Bonchev–Trinajstić information content (AvgIpc) is 2.59. The number of hydrogen-bond donors (Lipinski definition) is 1. The van der Waals surface area contributed by atoms with E-state index in [0.717, 1.165) is 7.11 Å². The number of fused-ring (bicyclic) bond motifs is 2. The summed E-state index contributed by atoms with van der Waals surface area (Å²) in [6.07, 6.45) is -0.962. The van der Waals surface area contributed by atoms with Crippen molar-refractivity contribution >= 4 is 81.5 Å². The molecule has 118 valence electrons. The zero-order valence-electron chi connectivity index (χ0n) is 10.4. The van der Waals surface area contributed by atoms with Gasteiger partial charge in [-0.15, -0.1) is 23.2 Å². The molecule has 0 radical (unpaired) electrons. The second kappa shape index (κ2) is 4.96. The number of allylic oxidation sites excluding steroid dienone is 2. The van der Waals surface area contributed by atoms with E-state index in [4.69, 9.17) is 69.6 Å². The average molecular weight is 417 g/mol. The molecule has 0 aliphatic heterocycles. The standard InChI is InChI=1S/C11H8Cl6O4/c1-21-4(18)2-8(7(19)20)3-9(14)5(12)6(13)10(8,15)11(9,16)17/h2-3H2,1H3,(H,19,20)/t8-,9+,10+/m0/s1. The molecule has 2 aliphatic rings. The third-order valence-corrected chi connectivity index (χ3v) is 8.38. The Morgan fingerprint density at radius 1 is 1.19 bits per heavy atom. The maximum atomic E-state index is 11.9. The van der Waals surface area contributed by atoms with Gasteiger partial charge in [0.15, 0.2) is 4.33 Å². The highest BCUT2D eigenvalue weighted by Gasteiger charge is 2.86. The summed E-state index contributed by atoms with van der Waals surface area (Å²) in [6, 6.07) is 0. The SMILES string of the molecule is COC(=O)C[C@@]1(C(=O)O)C[C@@]2(Cl)C(Cl)=C(Cl)[C@]1(Cl)C2(Cl)Cl. The monoisotopic (exact) mass is 414 g/mol. The minimum absolute atomic E-state index is 0.118. The quantitative estimate of drug-likeness (QED) is 0.560. The predicted octanol–water partition coefficient (Wildman–Crippen LogP) is 3.86. The van der Waals surface area contributed by atoms with Crippen LogP contribution in [0.4, 0.5) is 0 Å². The van der Waals surface area contributed by atoms with Crippen LogP contribution in [0.5, 0.6) is 0 Å². The molecule has 0 aromatic heterocycles. The Bertz CT molecular complexity index is 575. The van der Waals surface area contributed by atoms with Crippen molar-refractivity contribution in [3.63, 3.8) is 0 Å².